The van der Waals surface area contributed by atoms with E-state index in [1.54, 1.807) is 36.4 Å². The molecule has 1 amide bonds. The van der Waals surface area contributed by atoms with E-state index in [9.17, 15) is 9.59 Å². The van der Waals surface area contributed by atoms with E-state index in [2.05, 4.69) is 15.0 Å². The Morgan fingerprint density at radius 2 is 1.80 bits per heavy atom. The minimum absolute atomic E-state index is 0.292. The van der Waals surface area contributed by atoms with Crippen molar-refractivity contribution in [3.8, 4) is 0 Å². The summed E-state index contributed by atoms with van der Waals surface area (Å²) in [7, 11) is 1.32. The van der Waals surface area contributed by atoms with Gasteiger partial charge in [0.1, 0.15) is 5.69 Å². The van der Waals surface area contributed by atoms with Gasteiger partial charge in [0, 0.05) is 11.4 Å². The van der Waals surface area contributed by atoms with E-state index in [4.69, 9.17) is 0 Å². The second-order valence-corrected chi connectivity index (χ2v) is 4.19. The summed E-state index contributed by atoms with van der Waals surface area (Å²) in [6, 6.07) is 11.7. The van der Waals surface area contributed by atoms with Crippen molar-refractivity contribution in [3.05, 3.63) is 59.4 Å². The summed E-state index contributed by atoms with van der Waals surface area (Å²) in [6.07, 6.45) is 0. The van der Waals surface area contributed by atoms with Crippen molar-refractivity contribution in [2.75, 3.05) is 12.4 Å². The van der Waals surface area contributed by atoms with Crippen LogP contribution in [-0.4, -0.2) is 24.0 Å². The summed E-state index contributed by atoms with van der Waals surface area (Å²) in [4.78, 5) is 27.4. The van der Waals surface area contributed by atoms with Crippen molar-refractivity contribution in [2.24, 2.45) is 0 Å². The molecule has 1 N–H and O–H groups in total. The Morgan fingerprint density at radius 1 is 1.10 bits per heavy atom. The van der Waals surface area contributed by atoms with Gasteiger partial charge in [-0.1, -0.05) is 6.07 Å². The smallest absolute Gasteiger partial charge is 0.337 e. The van der Waals surface area contributed by atoms with E-state index in [1.807, 2.05) is 13.0 Å². The van der Waals surface area contributed by atoms with Gasteiger partial charge in [-0.05, 0) is 43.3 Å². The van der Waals surface area contributed by atoms with Crippen LogP contribution >= 0.6 is 0 Å². The predicted molar refractivity (Wildman–Crippen MR) is 74.7 cm³/mol. The Balaban J connectivity index is 2.10. The summed E-state index contributed by atoms with van der Waals surface area (Å²) in [5, 5.41) is 2.72. The number of hydrogen-bond acceptors (Lipinski definition) is 4. The number of rotatable bonds is 3. The van der Waals surface area contributed by atoms with E-state index in [1.165, 1.54) is 7.11 Å². The molecule has 5 heteroatoms. The van der Waals surface area contributed by atoms with E-state index in [0.29, 0.717) is 16.9 Å². The van der Waals surface area contributed by atoms with Crippen molar-refractivity contribution in [3.63, 3.8) is 0 Å². The molecule has 0 spiro atoms. The lowest BCUT2D eigenvalue weighted by atomic mass is 10.2. The molecular weight excluding hydrogens is 256 g/mol. The van der Waals surface area contributed by atoms with Gasteiger partial charge in [-0.25, -0.2) is 9.78 Å². The highest BCUT2D eigenvalue weighted by Crippen LogP contribution is 2.11. The maximum Gasteiger partial charge on any atom is 0.337 e. The van der Waals surface area contributed by atoms with Crippen LogP contribution in [0.1, 0.15) is 26.5 Å². The summed E-state index contributed by atoms with van der Waals surface area (Å²) < 4.78 is 4.60. The van der Waals surface area contributed by atoms with Crippen LogP contribution in [0.15, 0.2) is 42.5 Å². The molecule has 0 aliphatic heterocycles. The fourth-order valence-corrected chi connectivity index (χ4v) is 1.67. The normalized spacial score (nSPS) is 9.90. The number of anilines is 1. The van der Waals surface area contributed by atoms with Gasteiger partial charge in [0.15, 0.2) is 0 Å². The Hall–Kier alpha value is -2.69. The molecule has 0 unspecified atom stereocenters. The average molecular weight is 270 g/mol. The van der Waals surface area contributed by atoms with Crippen molar-refractivity contribution >= 4 is 17.6 Å². The Labute approximate surface area is 116 Å². The van der Waals surface area contributed by atoms with E-state index in [-0.39, 0.29) is 5.91 Å². The third-order valence-electron chi connectivity index (χ3n) is 2.68. The molecule has 0 aliphatic carbocycles. The molecule has 1 heterocycles. The first-order valence-corrected chi connectivity index (χ1v) is 6.03. The zero-order valence-corrected chi connectivity index (χ0v) is 11.2. The minimum Gasteiger partial charge on any atom is -0.465 e. The van der Waals surface area contributed by atoms with Crippen LogP contribution in [-0.2, 0) is 4.74 Å². The highest BCUT2D eigenvalue weighted by Gasteiger charge is 2.09. The molecule has 1 aromatic heterocycles. The average Bonchev–Trinajstić information content (AvgIpc) is 2.47. The number of nitrogens with one attached hydrogen (secondary N) is 1. The quantitative estimate of drug-likeness (QED) is 0.870. The first-order chi connectivity index (χ1) is 9.60. The van der Waals surface area contributed by atoms with Crippen LogP contribution in [0.3, 0.4) is 0 Å². The maximum absolute atomic E-state index is 12.0. The van der Waals surface area contributed by atoms with Crippen LogP contribution in [0.2, 0.25) is 0 Å². The summed E-state index contributed by atoms with van der Waals surface area (Å²) in [6.45, 7) is 1.82. The third-order valence-corrected chi connectivity index (χ3v) is 2.68. The highest BCUT2D eigenvalue weighted by atomic mass is 16.5. The molecule has 0 fully saturated rings. The van der Waals surface area contributed by atoms with E-state index in [0.717, 1.165) is 5.69 Å². The summed E-state index contributed by atoms with van der Waals surface area (Å²) >= 11 is 0. The second-order valence-electron chi connectivity index (χ2n) is 4.19. The molecule has 20 heavy (non-hydrogen) atoms. The van der Waals surface area contributed by atoms with Gasteiger partial charge in [0.05, 0.1) is 12.7 Å². The number of amides is 1. The van der Waals surface area contributed by atoms with E-state index < -0.39 is 5.97 Å². The number of methoxy groups -OCH3 is 1. The number of benzene rings is 1. The number of carbonyl (C=O) groups is 2. The first-order valence-electron chi connectivity index (χ1n) is 6.03. The molecule has 0 radical (unpaired) electrons. The fourth-order valence-electron chi connectivity index (χ4n) is 1.67. The van der Waals surface area contributed by atoms with E-state index >= 15 is 0 Å². The van der Waals surface area contributed by atoms with Crippen molar-refractivity contribution < 1.29 is 14.3 Å². The number of pyridine rings is 1. The van der Waals surface area contributed by atoms with Crippen LogP contribution in [0.4, 0.5) is 5.69 Å². The van der Waals surface area contributed by atoms with Crippen LogP contribution in [0.25, 0.3) is 0 Å². The Morgan fingerprint density at radius 3 is 2.40 bits per heavy atom. The zero-order valence-electron chi connectivity index (χ0n) is 11.2. The number of ether oxygens (including phenoxy) is 1. The molecule has 0 bridgehead atoms. The summed E-state index contributed by atoms with van der Waals surface area (Å²) in [5.74, 6) is -0.706. The number of nitrogens with zero attached hydrogens (tertiary/aromatic N) is 1. The SMILES string of the molecule is COC(=O)c1ccc(NC(=O)c2cccc(C)n2)cc1. The minimum atomic E-state index is -0.414. The maximum atomic E-state index is 12.0. The van der Waals surface area contributed by atoms with Gasteiger partial charge in [0.2, 0.25) is 0 Å². The Kier molecular flexibility index (Phi) is 4.10. The highest BCUT2D eigenvalue weighted by molar-refractivity contribution is 6.03. The standard InChI is InChI=1S/C15H14N2O3/c1-10-4-3-5-13(16-10)14(18)17-12-8-6-11(7-9-12)15(19)20-2/h3-9H,1-2H3,(H,17,18). The first kappa shape index (κ1) is 13.7. The number of aryl methyl sites for hydroxylation is 1. The van der Waals surface area contributed by atoms with Gasteiger partial charge in [-0.2, -0.15) is 0 Å². The second kappa shape index (κ2) is 5.97. The number of carbonyl (C=O) groups excluding carboxylic acids is 2. The zero-order chi connectivity index (χ0) is 14.5. The van der Waals surface area contributed by atoms with Crippen molar-refractivity contribution in [1.29, 1.82) is 0 Å². The van der Waals surface area contributed by atoms with Gasteiger partial charge in [-0.3, -0.25) is 4.79 Å². The van der Waals surface area contributed by atoms with Gasteiger partial charge < -0.3 is 10.1 Å². The monoisotopic (exact) mass is 270 g/mol. The largest absolute Gasteiger partial charge is 0.465 e. The summed E-state index contributed by atoms with van der Waals surface area (Å²) in [5.41, 5.74) is 2.14. The van der Waals surface area contributed by atoms with Crippen LogP contribution in [0.5, 0.6) is 0 Å². The number of esters is 1. The number of aromatic nitrogens is 1. The topological polar surface area (TPSA) is 68.3 Å². The molecule has 102 valence electrons. The third kappa shape index (κ3) is 3.20. The lowest BCUT2D eigenvalue weighted by molar-refractivity contribution is 0.0600. The van der Waals surface area contributed by atoms with Gasteiger partial charge in [0.25, 0.3) is 5.91 Å². The molecule has 0 aliphatic rings. The molecule has 1 aromatic carbocycles. The van der Waals surface area contributed by atoms with Crippen molar-refractivity contribution in [2.45, 2.75) is 6.92 Å². The molecule has 0 saturated carbocycles. The Bertz CT molecular complexity index is 636. The fraction of sp³-hybridized carbons (Fsp3) is 0.133. The molecule has 0 saturated heterocycles. The lowest BCUT2D eigenvalue weighted by Gasteiger charge is -2.06. The number of hydrogen-bond donors (Lipinski definition) is 1. The molecular formula is C15H14N2O3. The van der Waals surface area contributed by atoms with Crippen LogP contribution < -0.4 is 5.32 Å². The lowest BCUT2D eigenvalue weighted by Crippen LogP contribution is -2.14. The molecule has 5 nitrogen and oxygen atoms in total. The van der Waals surface area contributed by atoms with Crippen LogP contribution in [0, 0.1) is 6.92 Å². The van der Waals surface area contributed by atoms with Gasteiger partial charge >= 0.3 is 5.97 Å². The predicted octanol–water partition coefficient (Wildman–Crippen LogP) is 2.43. The van der Waals surface area contributed by atoms with Crippen molar-refractivity contribution in [1.82, 2.24) is 4.98 Å². The molecule has 2 aromatic rings. The molecule has 2 rings (SSSR count). The molecule has 0 atom stereocenters. The van der Waals surface area contributed by atoms with Gasteiger partial charge in [-0.15, -0.1) is 0 Å².